The van der Waals surface area contributed by atoms with Crippen LogP contribution in [0, 0.1) is 13.8 Å². The van der Waals surface area contributed by atoms with Crippen LogP contribution in [0.5, 0.6) is 0 Å². The Morgan fingerprint density at radius 1 is 1.00 bits per heavy atom. The van der Waals surface area contributed by atoms with E-state index >= 15 is 0 Å². The molecule has 214 valence electrons. The van der Waals surface area contributed by atoms with Crippen molar-refractivity contribution in [1.82, 2.24) is 19.2 Å². The molecule has 1 aliphatic heterocycles. The molecule has 2 amide bonds. The number of piperazine rings is 1. The fourth-order valence-electron chi connectivity index (χ4n) is 4.61. The molecule has 41 heavy (non-hydrogen) atoms. The molecule has 5 rings (SSSR count). The number of pyridine rings is 1. The van der Waals surface area contributed by atoms with Gasteiger partial charge in [0.05, 0.1) is 34.0 Å². The highest BCUT2D eigenvalue weighted by Crippen LogP contribution is 2.33. The lowest BCUT2D eigenvalue weighted by Gasteiger charge is -2.33. The standard InChI is InChI=1S/C29H31N5O5S2/c1-4-39-29(36)32-15-17-33(18-16-32)41(37,38)24-11-9-22(10-12-24)27(35)34(19-23-7-5-6-14-30-23)28-31-26-21(3)20(2)8-13-25(26)40-28/h5-14H,4,15-19H2,1-3H3. The van der Waals surface area contributed by atoms with Crippen LogP contribution in [0.4, 0.5) is 9.93 Å². The minimum Gasteiger partial charge on any atom is -0.450 e. The van der Waals surface area contributed by atoms with Crippen molar-refractivity contribution in [2.45, 2.75) is 32.2 Å². The molecule has 0 saturated carbocycles. The summed E-state index contributed by atoms with van der Waals surface area (Å²) in [4.78, 5) is 38.2. The Labute approximate surface area is 243 Å². The maximum Gasteiger partial charge on any atom is 0.409 e. The van der Waals surface area contributed by atoms with Crippen molar-refractivity contribution >= 4 is 48.7 Å². The van der Waals surface area contributed by atoms with E-state index in [0.717, 1.165) is 21.3 Å². The lowest BCUT2D eigenvalue weighted by atomic mass is 10.1. The molecule has 2 aromatic carbocycles. The molecule has 1 saturated heterocycles. The molecule has 0 unspecified atom stereocenters. The summed E-state index contributed by atoms with van der Waals surface area (Å²) in [5, 5.41) is 0.542. The molecule has 0 radical (unpaired) electrons. The van der Waals surface area contributed by atoms with Crippen LogP contribution in [-0.2, 0) is 21.3 Å². The number of aromatic nitrogens is 2. The number of sulfonamides is 1. The number of rotatable bonds is 7. The summed E-state index contributed by atoms with van der Waals surface area (Å²) in [5.74, 6) is -0.309. The minimum absolute atomic E-state index is 0.0843. The number of thiazole rings is 1. The Hall–Kier alpha value is -3.87. The number of hydrogen-bond acceptors (Lipinski definition) is 8. The van der Waals surface area contributed by atoms with Gasteiger partial charge in [-0.3, -0.25) is 14.7 Å². The Kier molecular flexibility index (Phi) is 8.34. The van der Waals surface area contributed by atoms with E-state index in [9.17, 15) is 18.0 Å². The second-order valence-electron chi connectivity index (χ2n) is 9.68. The van der Waals surface area contributed by atoms with Crippen molar-refractivity contribution in [3.63, 3.8) is 0 Å². The highest BCUT2D eigenvalue weighted by Gasteiger charge is 2.31. The maximum absolute atomic E-state index is 13.8. The molecule has 10 nitrogen and oxygen atoms in total. The van der Waals surface area contributed by atoms with Crippen molar-refractivity contribution in [3.8, 4) is 0 Å². The highest BCUT2D eigenvalue weighted by atomic mass is 32.2. The number of nitrogens with zero attached hydrogens (tertiary/aromatic N) is 5. The summed E-state index contributed by atoms with van der Waals surface area (Å²) < 4.78 is 33.9. The number of fused-ring (bicyclic) bond motifs is 1. The first kappa shape index (κ1) is 28.7. The third-order valence-electron chi connectivity index (χ3n) is 7.10. The van der Waals surface area contributed by atoms with Crippen molar-refractivity contribution in [1.29, 1.82) is 0 Å². The van der Waals surface area contributed by atoms with Gasteiger partial charge in [-0.15, -0.1) is 0 Å². The van der Waals surface area contributed by atoms with Crippen LogP contribution < -0.4 is 4.90 Å². The first-order valence-electron chi connectivity index (χ1n) is 13.3. The molecule has 1 fully saturated rings. The fraction of sp³-hybridized carbons (Fsp3) is 0.310. The third kappa shape index (κ3) is 5.95. The normalized spacial score (nSPS) is 14.3. The topological polar surface area (TPSA) is 113 Å². The Balaban J connectivity index is 1.39. The summed E-state index contributed by atoms with van der Waals surface area (Å²) in [7, 11) is -3.80. The van der Waals surface area contributed by atoms with Gasteiger partial charge in [-0.1, -0.05) is 23.5 Å². The van der Waals surface area contributed by atoms with Crippen molar-refractivity contribution in [3.05, 3.63) is 83.2 Å². The van der Waals surface area contributed by atoms with Gasteiger partial charge in [-0.25, -0.2) is 18.2 Å². The molecule has 0 bridgehead atoms. The van der Waals surface area contributed by atoms with Crippen molar-refractivity contribution in [2.24, 2.45) is 0 Å². The minimum atomic E-state index is -3.80. The highest BCUT2D eigenvalue weighted by molar-refractivity contribution is 7.89. The van der Waals surface area contributed by atoms with E-state index in [-0.39, 0.29) is 50.1 Å². The summed E-state index contributed by atoms with van der Waals surface area (Å²) in [6.45, 7) is 7.07. The van der Waals surface area contributed by atoms with Gasteiger partial charge in [0, 0.05) is 37.9 Å². The van der Waals surface area contributed by atoms with Crippen LogP contribution in [0.25, 0.3) is 10.2 Å². The molecule has 1 aliphatic rings. The lowest BCUT2D eigenvalue weighted by Crippen LogP contribution is -2.50. The van der Waals surface area contributed by atoms with Crippen LogP contribution in [0.3, 0.4) is 0 Å². The maximum atomic E-state index is 13.8. The first-order chi connectivity index (χ1) is 19.7. The van der Waals surface area contributed by atoms with Gasteiger partial charge in [-0.2, -0.15) is 4.31 Å². The van der Waals surface area contributed by atoms with Crippen molar-refractivity contribution in [2.75, 3.05) is 37.7 Å². The molecule has 0 N–H and O–H groups in total. The van der Waals surface area contributed by atoms with Gasteiger partial charge >= 0.3 is 6.09 Å². The van der Waals surface area contributed by atoms with Crippen LogP contribution in [0.2, 0.25) is 0 Å². The second kappa shape index (κ2) is 11.9. The number of carbonyl (C=O) groups is 2. The van der Waals surface area contributed by atoms with Gasteiger partial charge < -0.3 is 9.64 Å². The number of aryl methyl sites for hydroxylation is 2. The predicted molar refractivity (Wildman–Crippen MR) is 158 cm³/mol. The first-order valence-corrected chi connectivity index (χ1v) is 15.5. The Morgan fingerprint density at radius 3 is 2.39 bits per heavy atom. The average molecular weight is 594 g/mol. The average Bonchev–Trinajstić information content (AvgIpc) is 3.43. The quantitative estimate of drug-likeness (QED) is 0.307. The van der Waals surface area contributed by atoms with E-state index in [1.165, 1.54) is 44.8 Å². The van der Waals surface area contributed by atoms with E-state index in [1.807, 2.05) is 44.2 Å². The van der Waals surface area contributed by atoms with Gasteiger partial charge in [0.1, 0.15) is 0 Å². The van der Waals surface area contributed by atoms with Gasteiger partial charge in [0.25, 0.3) is 5.91 Å². The summed E-state index contributed by atoms with van der Waals surface area (Å²) in [6.07, 6.45) is 1.23. The van der Waals surface area contributed by atoms with Gasteiger partial charge in [0.2, 0.25) is 10.0 Å². The molecular weight excluding hydrogens is 562 g/mol. The Morgan fingerprint density at radius 2 is 1.73 bits per heavy atom. The molecule has 0 aliphatic carbocycles. The number of benzene rings is 2. The Bertz CT molecular complexity index is 1670. The molecule has 0 atom stereocenters. The van der Waals surface area contributed by atoms with E-state index in [4.69, 9.17) is 9.72 Å². The van der Waals surface area contributed by atoms with Gasteiger partial charge in [0.15, 0.2) is 5.13 Å². The van der Waals surface area contributed by atoms with Crippen LogP contribution in [0.15, 0.2) is 65.7 Å². The number of carbonyl (C=O) groups excluding carboxylic acids is 2. The number of hydrogen-bond donors (Lipinski definition) is 0. The zero-order valence-electron chi connectivity index (χ0n) is 23.1. The molecule has 12 heteroatoms. The molecule has 0 spiro atoms. The number of amides is 2. The second-order valence-corrected chi connectivity index (χ2v) is 12.6. The predicted octanol–water partition coefficient (Wildman–Crippen LogP) is 4.62. The van der Waals surface area contributed by atoms with Crippen LogP contribution >= 0.6 is 11.3 Å². The van der Waals surface area contributed by atoms with E-state index in [0.29, 0.717) is 16.4 Å². The van der Waals surface area contributed by atoms with Crippen LogP contribution in [-0.4, -0.2) is 72.4 Å². The summed E-state index contributed by atoms with van der Waals surface area (Å²) in [6, 6.07) is 15.5. The molecular formula is C29H31N5O5S2. The van der Waals surface area contributed by atoms with E-state index in [1.54, 1.807) is 18.0 Å². The SMILES string of the molecule is CCOC(=O)N1CCN(S(=O)(=O)c2ccc(C(=O)N(Cc3ccccn3)c3nc4c(C)c(C)ccc4s3)cc2)CC1. The zero-order chi connectivity index (χ0) is 29.1. The van der Waals surface area contributed by atoms with Crippen molar-refractivity contribution < 1.29 is 22.7 Å². The lowest BCUT2D eigenvalue weighted by molar-refractivity contribution is 0.0933. The molecule has 3 heterocycles. The molecule has 2 aromatic heterocycles. The van der Waals surface area contributed by atoms with E-state index in [2.05, 4.69) is 4.98 Å². The van der Waals surface area contributed by atoms with Crippen LogP contribution in [0.1, 0.15) is 34.1 Å². The smallest absolute Gasteiger partial charge is 0.409 e. The summed E-state index contributed by atoms with van der Waals surface area (Å²) in [5.41, 5.74) is 4.07. The number of anilines is 1. The fourth-order valence-corrected chi connectivity index (χ4v) is 7.05. The summed E-state index contributed by atoms with van der Waals surface area (Å²) >= 11 is 1.43. The zero-order valence-corrected chi connectivity index (χ0v) is 24.7. The van der Waals surface area contributed by atoms with Gasteiger partial charge in [-0.05, 0) is 74.4 Å². The molecule has 4 aromatic rings. The monoisotopic (exact) mass is 593 g/mol. The largest absolute Gasteiger partial charge is 0.450 e. The third-order valence-corrected chi connectivity index (χ3v) is 10.1. The number of ether oxygens (including phenoxy) is 1. The van der Waals surface area contributed by atoms with E-state index < -0.39 is 16.1 Å².